The highest BCUT2D eigenvalue weighted by molar-refractivity contribution is 6.03. The third-order valence-corrected chi connectivity index (χ3v) is 5.59. The average Bonchev–Trinajstić information content (AvgIpc) is 3.12. The van der Waals surface area contributed by atoms with Crippen LogP contribution in [0.4, 0.5) is 0 Å². The molecule has 0 bridgehead atoms. The Balaban J connectivity index is 1.29. The first-order chi connectivity index (χ1) is 13.7. The summed E-state index contributed by atoms with van der Waals surface area (Å²) in [6.07, 6.45) is 5.15. The molecule has 148 valence electrons. The van der Waals surface area contributed by atoms with Crippen molar-refractivity contribution in [2.45, 2.75) is 25.8 Å². The molecule has 0 spiro atoms. The molecular weight excluding hydrogens is 354 g/mol. The molecule has 3 heterocycles. The number of para-hydroxylation sites is 1. The van der Waals surface area contributed by atoms with E-state index in [1.807, 2.05) is 35.5 Å². The van der Waals surface area contributed by atoms with Crippen LogP contribution in [0.3, 0.4) is 0 Å². The number of amidine groups is 1. The van der Waals surface area contributed by atoms with E-state index in [4.69, 9.17) is 4.74 Å². The van der Waals surface area contributed by atoms with Crippen LogP contribution in [0.5, 0.6) is 5.75 Å². The number of fused-ring (bicyclic) bond motifs is 1. The zero-order valence-electron chi connectivity index (χ0n) is 16.5. The summed E-state index contributed by atoms with van der Waals surface area (Å²) in [6, 6.07) is 8.27. The molecule has 1 aromatic carbocycles. The molecule has 0 aromatic heterocycles. The third-order valence-electron chi connectivity index (χ3n) is 5.59. The zero-order chi connectivity index (χ0) is 19.5. The molecule has 1 saturated heterocycles. The van der Waals surface area contributed by atoms with Crippen LogP contribution in [-0.2, 0) is 11.2 Å². The number of aliphatic imine (C=N–C) groups is 2. The van der Waals surface area contributed by atoms with Crippen LogP contribution in [0.1, 0.15) is 18.9 Å². The Morgan fingerprint density at radius 1 is 1.21 bits per heavy atom. The van der Waals surface area contributed by atoms with Crippen LogP contribution >= 0.6 is 0 Å². The Kier molecular flexibility index (Phi) is 5.32. The van der Waals surface area contributed by atoms with Gasteiger partial charge in [-0.1, -0.05) is 18.2 Å². The summed E-state index contributed by atoms with van der Waals surface area (Å²) in [4.78, 5) is 28.1. The number of amides is 1. The monoisotopic (exact) mass is 381 g/mol. The van der Waals surface area contributed by atoms with Crippen molar-refractivity contribution in [3.8, 4) is 5.75 Å². The minimum absolute atomic E-state index is 0.201. The van der Waals surface area contributed by atoms with Gasteiger partial charge in [-0.3, -0.25) is 9.79 Å². The molecule has 1 aromatic rings. The number of methoxy groups -OCH3 is 1. The third kappa shape index (κ3) is 3.74. The van der Waals surface area contributed by atoms with E-state index in [0.29, 0.717) is 18.9 Å². The van der Waals surface area contributed by atoms with Gasteiger partial charge in [-0.15, -0.1) is 0 Å². The van der Waals surface area contributed by atoms with Crippen molar-refractivity contribution in [2.24, 2.45) is 9.98 Å². The number of carbonyl (C=O) groups excluding carboxylic acids is 1. The van der Waals surface area contributed by atoms with Crippen LogP contribution in [-0.4, -0.2) is 78.7 Å². The molecule has 4 rings (SSSR count). The maximum absolute atomic E-state index is 12.6. The molecule has 1 atom stereocenters. The van der Waals surface area contributed by atoms with Gasteiger partial charge in [-0.2, -0.15) is 0 Å². The quantitative estimate of drug-likeness (QED) is 0.780. The minimum Gasteiger partial charge on any atom is -0.496 e. The molecule has 1 amide bonds. The molecule has 3 aliphatic heterocycles. The lowest BCUT2D eigenvalue weighted by Crippen LogP contribution is -2.48. The fourth-order valence-corrected chi connectivity index (χ4v) is 3.86. The lowest BCUT2D eigenvalue weighted by atomic mass is 10.1. The van der Waals surface area contributed by atoms with Crippen molar-refractivity contribution in [2.75, 3.05) is 39.8 Å². The molecule has 0 radical (unpaired) electrons. The molecule has 0 saturated carbocycles. The topological polar surface area (TPSA) is 60.7 Å². The molecule has 3 aliphatic rings. The highest BCUT2D eigenvalue weighted by Crippen LogP contribution is 2.21. The molecule has 1 fully saturated rings. The Labute approximate surface area is 166 Å². The standard InChI is InChI=1S/C21H27N5O2/c1-16-14-22-20-13-19(23-15-26(16)20)24-9-11-25(12-10-24)21(27)8-7-17-5-3-4-6-18(17)28-2/h3-6,13,15-16H,7-12,14H2,1-2H3/t16-/m1/s1. The lowest BCUT2D eigenvalue weighted by molar-refractivity contribution is -0.132. The van der Waals surface area contributed by atoms with Crippen molar-refractivity contribution in [1.29, 1.82) is 0 Å². The Morgan fingerprint density at radius 2 is 2.00 bits per heavy atom. The van der Waals surface area contributed by atoms with E-state index >= 15 is 0 Å². The van der Waals surface area contributed by atoms with E-state index in [-0.39, 0.29) is 5.91 Å². The first-order valence-corrected chi connectivity index (χ1v) is 9.89. The van der Waals surface area contributed by atoms with E-state index < -0.39 is 0 Å². The molecule has 0 aliphatic carbocycles. The predicted molar refractivity (Wildman–Crippen MR) is 110 cm³/mol. The summed E-state index contributed by atoms with van der Waals surface area (Å²) in [5.74, 6) is 2.99. The first kappa shape index (κ1) is 18.5. The summed E-state index contributed by atoms with van der Waals surface area (Å²) < 4.78 is 5.38. The largest absolute Gasteiger partial charge is 0.496 e. The van der Waals surface area contributed by atoms with Gasteiger partial charge in [0.25, 0.3) is 0 Å². The van der Waals surface area contributed by atoms with Gasteiger partial charge in [0.1, 0.15) is 17.4 Å². The second-order valence-corrected chi connectivity index (χ2v) is 7.38. The second-order valence-electron chi connectivity index (χ2n) is 7.38. The van der Waals surface area contributed by atoms with Crippen molar-refractivity contribution < 1.29 is 9.53 Å². The maximum atomic E-state index is 12.6. The number of aryl methyl sites for hydroxylation is 1. The smallest absolute Gasteiger partial charge is 0.223 e. The molecule has 7 nitrogen and oxygen atoms in total. The molecule has 0 N–H and O–H groups in total. The predicted octanol–water partition coefficient (Wildman–Crippen LogP) is 1.76. The van der Waals surface area contributed by atoms with Gasteiger partial charge in [0, 0.05) is 38.7 Å². The van der Waals surface area contributed by atoms with Gasteiger partial charge in [0.2, 0.25) is 5.91 Å². The Bertz CT molecular complexity index is 824. The Morgan fingerprint density at radius 3 is 2.79 bits per heavy atom. The molecule has 7 heteroatoms. The van der Waals surface area contributed by atoms with Gasteiger partial charge >= 0.3 is 0 Å². The number of rotatable bonds is 5. The fourth-order valence-electron chi connectivity index (χ4n) is 3.86. The summed E-state index contributed by atoms with van der Waals surface area (Å²) in [5, 5.41) is 0. The summed E-state index contributed by atoms with van der Waals surface area (Å²) in [6.45, 7) is 6.02. The summed E-state index contributed by atoms with van der Waals surface area (Å²) in [5.41, 5.74) is 1.08. The van der Waals surface area contributed by atoms with Crippen LogP contribution in [0.15, 0.2) is 46.1 Å². The Hall–Kier alpha value is -2.83. The van der Waals surface area contributed by atoms with E-state index in [0.717, 1.165) is 55.7 Å². The minimum atomic E-state index is 0.201. The SMILES string of the molecule is COc1ccccc1CCC(=O)N1CCN(C2=CC3=NC[C@@H](C)N3C=N2)CC1. The molecule has 28 heavy (non-hydrogen) atoms. The van der Waals surface area contributed by atoms with Gasteiger partial charge < -0.3 is 19.4 Å². The average molecular weight is 381 g/mol. The first-order valence-electron chi connectivity index (χ1n) is 9.89. The number of ether oxygens (including phenoxy) is 1. The van der Waals surface area contributed by atoms with Crippen molar-refractivity contribution in [1.82, 2.24) is 14.7 Å². The summed E-state index contributed by atoms with van der Waals surface area (Å²) in [7, 11) is 1.67. The molecular formula is C21H27N5O2. The van der Waals surface area contributed by atoms with E-state index in [9.17, 15) is 4.79 Å². The van der Waals surface area contributed by atoms with E-state index in [1.165, 1.54) is 0 Å². The summed E-state index contributed by atoms with van der Waals surface area (Å²) >= 11 is 0. The van der Waals surface area contributed by atoms with Gasteiger partial charge in [-0.25, -0.2) is 4.99 Å². The fraction of sp³-hybridized carbons (Fsp3) is 0.476. The van der Waals surface area contributed by atoms with Gasteiger partial charge in [0.15, 0.2) is 0 Å². The maximum Gasteiger partial charge on any atom is 0.223 e. The van der Waals surface area contributed by atoms with Gasteiger partial charge in [0.05, 0.1) is 26.0 Å². The van der Waals surface area contributed by atoms with Gasteiger partial charge in [-0.05, 0) is 25.0 Å². The molecule has 0 unspecified atom stereocenters. The zero-order valence-corrected chi connectivity index (χ0v) is 16.5. The number of carbonyl (C=O) groups is 1. The van der Waals surface area contributed by atoms with Crippen LogP contribution in [0.25, 0.3) is 0 Å². The number of benzene rings is 1. The van der Waals surface area contributed by atoms with E-state index in [1.54, 1.807) is 7.11 Å². The lowest BCUT2D eigenvalue weighted by Gasteiger charge is -2.37. The normalized spacial score (nSPS) is 21.4. The van der Waals surface area contributed by atoms with Crippen LogP contribution in [0, 0.1) is 0 Å². The van der Waals surface area contributed by atoms with Crippen molar-refractivity contribution >= 4 is 18.1 Å². The van der Waals surface area contributed by atoms with Crippen molar-refractivity contribution in [3.05, 3.63) is 41.7 Å². The number of hydrogen-bond acceptors (Lipinski definition) is 6. The highest BCUT2D eigenvalue weighted by atomic mass is 16.5. The number of nitrogens with zero attached hydrogens (tertiary/aromatic N) is 5. The van der Waals surface area contributed by atoms with Crippen LogP contribution < -0.4 is 4.74 Å². The number of piperazine rings is 1. The van der Waals surface area contributed by atoms with E-state index in [2.05, 4.69) is 32.8 Å². The number of hydrogen-bond donors (Lipinski definition) is 0. The highest BCUT2D eigenvalue weighted by Gasteiger charge is 2.28. The van der Waals surface area contributed by atoms with Crippen molar-refractivity contribution in [3.63, 3.8) is 0 Å². The van der Waals surface area contributed by atoms with Crippen LogP contribution in [0.2, 0.25) is 0 Å². The second kappa shape index (κ2) is 8.04.